The first-order chi connectivity index (χ1) is 9.72. The van der Waals surface area contributed by atoms with E-state index in [1.165, 1.54) is 37.7 Å². The van der Waals surface area contributed by atoms with Crippen molar-refractivity contribution in [3.05, 3.63) is 34.4 Å². The third-order valence-corrected chi connectivity index (χ3v) is 3.74. The fraction of sp³-hybridized carbons (Fsp3) is 0.385. The van der Waals surface area contributed by atoms with Gasteiger partial charge in [-0.3, -0.25) is 19.7 Å². The first-order valence-electron chi connectivity index (χ1n) is 6.10. The van der Waals surface area contributed by atoms with Crippen LogP contribution in [0.15, 0.2) is 29.2 Å². The first-order valence-corrected chi connectivity index (χ1v) is 7.08. The Bertz CT molecular complexity index is 542. The monoisotopic (exact) mass is 312 g/mol. The molecule has 0 bridgehead atoms. The number of carbonyl (C=O) groups excluding carboxylic acids is 1. The van der Waals surface area contributed by atoms with Crippen LogP contribution in [0.25, 0.3) is 0 Å². The molecule has 0 aliphatic heterocycles. The van der Waals surface area contributed by atoms with Gasteiger partial charge in [-0.2, -0.15) is 0 Å². The summed E-state index contributed by atoms with van der Waals surface area (Å²) in [5, 5.41) is 22.0. The van der Waals surface area contributed by atoms with Crippen molar-refractivity contribution < 1.29 is 19.6 Å². The molecule has 0 heterocycles. The van der Waals surface area contributed by atoms with E-state index in [4.69, 9.17) is 5.11 Å². The van der Waals surface area contributed by atoms with E-state index in [0.717, 1.165) is 4.90 Å². The van der Waals surface area contributed by atoms with Gasteiger partial charge in [0.2, 0.25) is 5.91 Å². The maximum atomic E-state index is 11.6. The molecule has 0 saturated carbocycles. The second kappa shape index (κ2) is 7.07. The lowest BCUT2D eigenvalue weighted by Crippen LogP contribution is -2.39. The Morgan fingerprint density at radius 1 is 1.33 bits per heavy atom. The Kier molecular flexibility index (Phi) is 5.71. The number of amides is 1. The van der Waals surface area contributed by atoms with Gasteiger partial charge in [-0.1, -0.05) is 0 Å². The molecule has 0 unspecified atom stereocenters. The van der Waals surface area contributed by atoms with Crippen molar-refractivity contribution in [2.45, 2.75) is 18.7 Å². The van der Waals surface area contributed by atoms with Crippen LogP contribution in [-0.2, 0) is 9.59 Å². The smallest absolute Gasteiger partial charge is 0.310 e. The molecule has 1 aromatic carbocycles. The highest BCUT2D eigenvalue weighted by molar-refractivity contribution is 8.00. The number of rotatable bonds is 7. The van der Waals surface area contributed by atoms with Gasteiger partial charge in [0.15, 0.2) is 0 Å². The highest BCUT2D eigenvalue weighted by Gasteiger charge is 2.27. The first kappa shape index (κ1) is 17.0. The number of nitro benzene ring substituents is 1. The van der Waals surface area contributed by atoms with Crippen LogP contribution in [0.2, 0.25) is 0 Å². The number of carbonyl (C=O) groups is 2. The summed E-state index contributed by atoms with van der Waals surface area (Å²) in [6.45, 7) is 3.10. The average molecular weight is 312 g/mol. The predicted octanol–water partition coefficient (Wildman–Crippen LogP) is 1.91. The number of thioether (sulfide) groups is 1. The van der Waals surface area contributed by atoms with Gasteiger partial charge < -0.3 is 10.4 Å². The number of hydrogen-bond donors (Lipinski definition) is 2. The largest absolute Gasteiger partial charge is 0.481 e. The number of aliphatic carboxylic acids is 1. The van der Waals surface area contributed by atoms with Gasteiger partial charge in [0.25, 0.3) is 5.69 Å². The van der Waals surface area contributed by atoms with Crippen molar-refractivity contribution in [1.29, 1.82) is 0 Å². The van der Waals surface area contributed by atoms with Crippen molar-refractivity contribution in [3.8, 4) is 0 Å². The molecule has 0 aliphatic carbocycles. The molecule has 1 amide bonds. The lowest BCUT2D eigenvalue weighted by atomic mass is 9.94. The third kappa shape index (κ3) is 5.42. The van der Waals surface area contributed by atoms with E-state index in [1.54, 1.807) is 12.1 Å². The molecule has 21 heavy (non-hydrogen) atoms. The van der Waals surface area contributed by atoms with Gasteiger partial charge in [-0.25, -0.2) is 0 Å². The molecule has 7 nitrogen and oxygen atoms in total. The van der Waals surface area contributed by atoms with Crippen molar-refractivity contribution in [2.24, 2.45) is 5.41 Å². The van der Waals surface area contributed by atoms with Crippen LogP contribution >= 0.6 is 11.8 Å². The van der Waals surface area contributed by atoms with Crippen LogP contribution in [0.1, 0.15) is 13.8 Å². The number of non-ortho nitro benzene ring substituents is 1. The molecule has 8 heteroatoms. The van der Waals surface area contributed by atoms with Crippen molar-refractivity contribution in [1.82, 2.24) is 5.32 Å². The van der Waals surface area contributed by atoms with Crippen molar-refractivity contribution in [2.75, 3.05) is 12.3 Å². The van der Waals surface area contributed by atoms with E-state index in [2.05, 4.69) is 5.32 Å². The van der Waals surface area contributed by atoms with Gasteiger partial charge in [0.1, 0.15) is 0 Å². The second-order valence-electron chi connectivity index (χ2n) is 5.01. The summed E-state index contributed by atoms with van der Waals surface area (Å²) in [5.41, 5.74) is -1.03. The van der Waals surface area contributed by atoms with Crippen LogP contribution in [0.5, 0.6) is 0 Å². The Hall–Kier alpha value is -2.09. The SMILES string of the molecule is CC(C)(CNC(=O)CSc1ccc([N+](=O)[O-])cc1)C(=O)O. The summed E-state index contributed by atoms with van der Waals surface area (Å²) in [6, 6.07) is 5.87. The van der Waals surface area contributed by atoms with Crippen LogP contribution in [0, 0.1) is 15.5 Å². The van der Waals surface area contributed by atoms with E-state index in [9.17, 15) is 19.7 Å². The molecule has 0 fully saturated rings. The molecule has 2 N–H and O–H groups in total. The number of benzene rings is 1. The summed E-state index contributed by atoms with van der Waals surface area (Å²) in [5.74, 6) is -1.15. The molecule has 0 radical (unpaired) electrons. The van der Waals surface area contributed by atoms with E-state index < -0.39 is 16.3 Å². The summed E-state index contributed by atoms with van der Waals surface area (Å²) >= 11 is 1.23. The van der Waals surface area contributed by atoms with Crippen LogP contribution < -0.4 is 5.32 Å². The van der Waals surface area contributed by atoms with Crippen molar-refractivity contribution in [3.63, 3.8) is 0 Å². The zero-order valence-electron chi connectivity index (χ0n) is 11.7. The minimum atomic E-state index is -1.02. The zero-order valence-corrected chi connectivity index (χ0v) is 12.5. The molecule has 0 spiro atoms. The highest BCUT2D eigenvalue weighted by Crippen LogP contribution is 2.21. The Morgan fingerprint density at radius 3 is 2.38 bits per heavy atom. The summed E-state index contributed by atoms with van der Waals surface area (Å²) in [4.78, 5) is 33.3. The Morgan fingerprint density at radius 2 is 1.90 bits per heavy atom. The molecular weight excluding hydrogens is 296 g/mol. The standard InChI is InChI=1S/C13H16N2O5S/c1-13(2,12(17)18)8-14-11(16)7-21-10-5-3-9(4-6-10)15(19)20/h3-6H,7-8H2,1-2H3,(H,14,16)(H,17,18). The van der Waals surface area contributed by atoms with Gasteiger partial charge in [-0.05, 0) is 26.0 Å². The average Bonchev–Trinajstić information content (AvgIpc) is 2.43. The summed E-state index contributed by atoms with van der Waals surface area (Å²) in [7, 11) is 0. The molecule has 0 saturated heterocycles. The summed E-state index contributed by atoms with van der Waals surface area (Å²) < 4.78 is 0. The Labute approximate surface area is 125 Å². The van der Waals surface area contributed by atoms with Crippen molar-refractivity contribution >= 4 is 29.3 Å². The van der Waals surface area contributed by atoms with Gasteiger partial charge in [0.05, 0.1) is 16.1 Å². The number of hydrogen-bond acceptors (Lipinski definition) is 5. The van der Waals surface area contributed by atoms with Gasteiger partial charge in [-0.15, -0.1) is 11.8 Å². The van der Waals surface area contributed by atoms with E-state index in [-0.39, 0.29) is 23.9 Å². The predicted molar refractivity (Wildman–Crippen MR) is 78.2 cm³/mol. The molecule has 1 aromatic rings. The minimum absolute atomic E-state index is 0.00740. The summed E-state index contributed by atoms with van der Waals surface area (Å²) in [6.07, 6.45) is 0. The highest BCUT2D eigenvalue weighted by atomic mass is 32.2. The normalized spacial score (nSPS) is 11.0. The minimum Gasteiger partial charge on any atom is -0.481 e. The number of carboxylic acid groups (broad SMARTS) is 1. The number of nitro groups is 1. The molecule has 1 rings (SSSR count). The lowest BCUT2D eigenvalue weighted by molar-refractivity contribution is -0.384. The van der Waals surface area contributed by atoms with E-state index >= 15 is 0 Å². The van der Waals surface area contributed by atoms with E-state index in [1.807, 2.05) is 0 Å². The fourth-order valence-corrected chi connectivity index (χ4v) is 1.99. The third-order valence-electron chi connectivity index (χ3n) is 2.72. The topological polar surface area (TPSA) is 110 Å². The zero-order chi connectivity index (χ0) is 16.0. The van der Waals surface area contributed by atoms with Crippen LogP contribution in [0.4, 0.5) is 5.69 Å². The van der Waals surface area contributed by atoms with Crippen LogP contribution in [-0.4, -0.2) is 34.2 Å². The van der Waals surface area contributed by atoms with Crippen LogP contribution in [0.3, 0.4) is 0 Å². The molecule has 0 aliphatic rings. The number of nitrogens with one attached hydrogen (secondary N) is 1. The number of carboxylic acids is 1. The molecular formula is C13H16N2O5S. The Balaban J connectivity index is 2.43. The maximum absolute atomic E-state index is 11.6. The second-order valence-corrected chi connectivity index (χ2v) is 6.05. The van der Waals surface area contributed by atoms with E-state index in [0.29, 0.717) is 0 Å². The lowest BCUT2D eigenvalue weighted by Gasteiger charge is -2.19. The molecule has 0 aromatic heterocycles. The molecule has 0 atom stereocenters. The quantitative estimate of drug-likeness (QED) is 0.452. The van der Waals surface area contributed by atoms with Gasteiger partial charge in [0, 0.05) is 23.6 Å². The maximum Gasteiger partial charge on any atom is 0.310 e. The fourth-order valence-electron chi connectivity index (χ4n) is 1.26. The molecule has 114 valence electrons. The number of nitrogens with zero attached hydrogens (tertiary/aromatic N) is 1. The van der Waals surface area contributed by atoms with Gasteiger partial charge >= 0.3 is 5.97 Å².